The van der Waals surface area contributed by atoms with E-state index in [2.05, 4.69) is 90.8 Å². The van der Waals surface area contributed by atoms with Crippen molar-refractivity contribution in [1.82, 2.24) is 56.6 Å². The van der Waals surface area contributed by atoms with Gasteiger partial charge in [0.1, 0.15) is 48.1 Å². The van der Waals surface area contributed by atoms with E-state index in [9.17, 15) is 53.2 Å². The normalized spacial score (nSPS) is 17.6. The first-order chi connectivity index (χ1) is 58.7. The van der Waals surface area contributed by atoms with Crippen molar-refractivity contribution in [2.75, 3.05) is 59.0 Å². The molecule has 0 spiro atoms. The van der Waals surface area contributed by atoms with Gasteiger partial charge in [-0.05, 0) is 219 Å². The number of rotatable bonds is 37. The minimum Gasteiger partial charge on any atom is -0.449 e. The zero-order valence-corrected chi connectivity index (χ0v) is 79.6. The first-order valence-corrected chi connectivity index (χ1v) is 45.2. The van der Waals surface area contributed by atoms with Gasteiger partial charge < -0.3 is 82.6 Å². The Labute approximate surface area is 757 Å². The summed E-state index contributed by atoms with van der Waals surface area (Å²) in [4.78, 5) is 143. The molecular formula is C98H148N11O15V-. The maximum absolute atomic E-state index is 14.5. The number of carbonyl (C=O) groups excluding carboxylic acids is 10. The number of fused-ring (bicyclic) bond motifs is 3. The summed E-state index contributed by atoms with van der Waals surface area (Å²) in [5.41, 5.74) is 4.02. The number of benzene rings is 4. The Bertz CT molecular complexity index is 4060. The van der Waals surface area contributed by atoms with E-state index in [4.69, 9.17) is 18.9 Å². The predicted octanol–water partition coefficient (Wildman–Crippen LogP) is 15.8. The number of ether oxygens (including phenoxy) is 4. The van der Waals surface area contributed by atoms with Gasteiger partial charge in [-0.15, -0.1) is 0 Å². The zero-order chi connectivity index (χ0) is 91.7. The second kappa shape index (κ2) is 51.5. The van der Waals surface area contributed by atoms with Crippen LogP contribution in [0.25, 0.3) is 11.1 Å². The van der Waals surface area contributed by atoms with Crippen molar-refractivity contribution in [1.29, 1.82) is 0 Å². The standard InChI is InChI=1S/C50H67N5O7.C45H74N6O8.C3H7.V/c1-8-54(9-2)47(58)43(25-17-29-51-48(59)61-33-42-40-23-15-13-21-38(40)39-22-14-16-24-41(39)42)53-45(56)44-26-18-30-55(44)46(57)36(32-35-19-11-10-12-20-35)27-28-37(31-34(3)4)52-49(60)62-50(5,6)7;1-12-49(13-2)40(54)36(21-17-25-46-41(55)58-35-29-44(8,9)51(57)45(10,11)30-35)48-38(52)37-22-18-26-50(37)39(53)33(28-32-19-15-14-16-20-32)23-24-34(27-31(3)4)47-42(56)59-43(5,6)7;1-3-2;/h10-16,19-24,27-28,34,36-37,42-44H,8-9,17-18,25-26,29-33H2,1-7H3,(H,51,59)(H,52,60)(H,53,56);14-16,19-20,23-24,31,33-37,57H,12-13,17-18,21-22,25-30H2,1-11H3,(H,46,55)(H,47,56)(H,48,52);1,3H2,2H3;/q;;-1;/b28-27+;24-23+;;/t36-,37-,43+,44+;33-,34-,36+,37+;;/m11../s1. The number of likely N-dealkylation sites (N-methyl/N-ethyl adjacent to an activating group) is 2. The van der Waals surface area contributed by atoms with Crippen molar-refractivity contribution >= 4 is 59.8 Å². The maximum atomic E-state index is 14.5. The van der Waals surface area contributed by atoms with Gasteiger partial charge in [0.15, 0.2) is 0 Å². The van der Waals surface area contributed by atoms with Crippen molar-refractivity contribution < 1.29 is 90.7 Å². The fourth-order valence-corrected chi connectivity index (χ4v) is 16.7. The summed E-state index contributed by atoms with van der Waals surface area (Å²) in [6.45, 7) is 43.1. The van der Waals surface area contributed by atoms with E-state index in [1.807, 2.05) is 192 Å². The zero-order valence-electron chi connectivity index (χ0n) is 78.2. The van der Waals surface area contributed by atoms with Gasteiger partial charge in [-0.25, -0.2) is 19.2 Å². The molecule has 0 bridgehead atoms. The van der Waals surface area contributed by atoms with Crippen molar-refractivity contribution in [3.05, 3.63) is 163 Å². The molecule has 8 atom stereocenters. The molecule has 0 aromatic heterocycles. The van der Waals surface area contributed by atoms with Gasteiger partial charge in [-0.1, -0.05) is 168 Å². The van der Waals surface area contributed by atoms with Gasteiger partial charge in [0.05, 0.1) is 23.9 Å². The van der Waals surface area contributed by atoms with Crippen LogP contribution in [0.15, 0.2) is 133 Å². The third-order valence-corrected chi connectivity index (χ3v) is 22.4. The summed E-state index contributed by atoms with van der Waals surface area (Å²) in [7, 11) is 0. The molecular weight excluding hydrogens is 1620 g/mol. The third-order valence-electron chi connectivity index (χ3n) is 22.4. The average molecular weight is 1770 g/mol. The fraction of sp³-hybridized carbons (Fsp3) is 0.602. The summed E-state index contributed by atoms with van der Waals surface area (Å²) in [6.07, 6.45) is 12.4. The van der Waals surface area contributed by atoms with E-state index in [1.165, 1.54) is 5.06 Å². The van der Waals surface area contributed by atoms with Crippen LogP contribution in [0.4, 0.5) is 19.2 Å². The Morgan fingerprint density at radius 3 is 1.24 bits per heavy atom. The molecule has 125 heavy (non-hydrogen) atoms. The van der Waals surface area contributed by atoms with Gasteiger partial charge in [0, 0.05) is 101 Å². The van der Waals surface area contributed by atoms with Crippen LogP contribution in [0.2, 0.25) is 0 Å². The molecule has 691 valence electrons. The molecule has 3 heterocycles. The summed E-state index contributed by atoms with van der Waals surface area (Å²) < 4.78 is 22.5. The van der Waals surface area contributed by atoms with Crippen LogP contribution >= 0.6 is 0 Å². The van der Waals surface area contributed by atoms with E-state index in [-0.39, 0.29) is 122 Å². The number of hydroxylamine groups is 2. The largest absolute Gasteiger partial charge is 0.449 e. The Kier molecular flexibility index (Phi) is 43.8. The molecule has 0 unspecified atom stereocenters. The average Bonchev–Trinajstić information content (AvgIpc) is 1.67. The molecule has 1 aliphatic carbocycles. The number of likely N-dealkylation sites (tertiary alicyclic amines) is 2. The van der Waals surface area contributed by atoms with Gasteiger partial charge in [0.2, 0.25) is 35.4 Å². The maximum Gasteiger partial charge on any atom is 0.408 e. The van der Waals surface area contributed by atoms with Gasteiger partial charge in [0.25, 0.3) is 0 Å². The van der Waals surface area contributed by atoms with Crippen LogP contribution in [-0.4, -0.2) is 213 Å². The summed E-state index contributed by atoms with van der Waals surface area (Å²) in [6, 6.07) is 31.8. The van der Waals surface area contributed by atoms with Gasteiger partial charge in [-0.3, -0.25) is 28.8 Å². The first-order valence-electron chi connectivity index (χ1n) is 45.2. The Balaban J connectivity index is 0.000000427. The van der Waals surface area contributed by atoms with Crippen molar-refractivity contribution in [2.45, 2.75) is 298 Å². The minimum atomic E-state index is -0.857. The molecule has 4 aromatic carbocycles. The van der Waals surface area contributed by atoms with Gasteiger partial charge >= 0.3 is 24.4 Å². The molecule has 10 amide bonds. The first kappa shape index (κ1) is 106. The van der Waals surface area contributed by atoms with Crippen LogP contribution in [0.1, 0.15) is 243 Å². The molecule has 3 aliphatic heterocycles. The van der Waals surface area contributed by atoms with Crippen LogP contribution < -0.4 is 31.9 Å². The molecule has 3 fully saturated rings. The molecule has 1 radical (unpaired) electrons. The number of carbonyl (C=O) groups is 10. The number of hydrogen-bond donors (Lipinski definition) is 7. The summed E-state index contributed by atoms with van der Waals surface area (Å²) in [5, 5.41) is 29.5. The molecule has 26 nitrogen and oxygen atoms in total. The van der Waals surface area contributed by atoms with Crippen LogP contribution in [0.5, 0.6) is 0 Å². The number of hydrogen-bond acceptors (Lipinski definition) is 16. The second-order valence-corrected chi connectivity index (χ2v) is 37.0. The van der Waals surface area contributed by atoms with E-state index < -0.39 is 82.7 Å². The van der Waals surface area contributed by atoms with E-state index in [1.54, 1.807) is 40.4 Å². The minimum absolute atomic E-state index is 0. The molecule has 27 heteroatoms. The Morgan fingerprint density at radius 2 is 0.880 bits per heavy atom. The fourth-order valence-electron chi connectivity index (χ4n) is 16.7. The monoisotopic (exact) mass is 1770 g/mol. The van der Waals surface area contributed by atoms with Crippen LogP contribution in [0.3, 0.4) is 0 Å². The van der Waals surface area contributed by atoms with Gasteiger partial charge in [-0.2, -0.15) is 11.5 Å². The number of amides is 10. The van der Waals surface area contributed by atoms with E-state index >= 15 is 0 Å². The molecule has 0 saturated carbocycles. The molecule has 7 N–H and O–H groups in total. The topological polar surface area (TPSA) is 316 Å². The molecule has 4 aliphatic rings. The van der Waals surface area contributed by atoms with Crippen molar-refractivity contribution in [2.24, 2.45) is 23.7 Å². The second-order valence-electron chi connectivity index (χ2n) is 37.0. The van der Waals surface area contributed by atoms with Crippen LogP contribution in [-0.2, 0) is 79.1 Å². The Morgan fingerprint density at radius 1 is 0.520 bits per heavy atom. The van der Waals surface area contributed by atoms with Crippen LogP contribution in [0, 0.1) is 30.6 Å². The number of piperidine rings is 1. The SMILES string of the molecule is CCN(CC)C(=O)[C@H](CCCNC(=O)OC1CC(C)(C)N(O)C(C)(C)C1)NC(=O)[C@@H]1CCCN1C(=O)[C@H](/C=C/[C@H](CC(C)C)NC(=O)OC(C)(C)C)Cc1ccccc1.CCN(CC)C(=O)[C@H](CCCNC(=O)OCC1c2ccccc2-c2ccccc21)NC(=O)[C@@H]1CCCN1C(=O)[C@H](/C=C/[C@H](CC(C)C)NC(=O)OC(C)(C)C)Cc1ccccc1.[CH2-]CC.[V]. The third kappa shape index (κ3) is 34.5. The smallest absolute Gasteiger partial charge is 0.408 e. The summed E-state index contributed by atoms with van der Waals surface area (Å²) in [5.74, 6) is -2.37. The predicted molar refractivity (Wildman–Crippen MR) is 486 cm³/mol. The van der Waals surface area contributed by atoms with E-state index in [0.717, 1.165) is 39.8 Å². The van der Waals surface area contributed by atoms with Crippen molar-refractivity contribution in [3.8, 4) is 11.1 Å². The number of alkyl carbamates (subject to hydrolysis) is 4. The molecule has 4 aromatic rings. The Hall–Kier alpha value is -9.24. The quantitative estimate of drug-likeness (QED) is 0.00955. The molecule has 8 rings (SSSR count). The summed E-state index contributed by atoms with van der Waals surface area (Å²) >= 11 is 0. The number of nitrogens with zero attached hydrogens (tertiary/aromatic N) is 5. The number of nitrogens with one attached hydrogen (secondary N) is 6. The van der Waals surface area contributed by atoms with Crippen molar-refractivity contribution in [3.63, 3.8) is 0 Å². The van der Waals surface area contributed by atoms with E-state index in [0.29, 0.717) is 116 Å². The molecule has 3 saturated heterocycles.